The zero-order valence-electron chi connectivity index (χ0n) is 20.3. The Morgan fingerprint density at radius 3 is 2.49 bits per heavy atom. The smallest absolute Gasteiger partial charge is 0.407 e. The Hall–Kier alpha value is -3.70. The van der Waals surface area contributed by atoms with Crippen LogP contribution in [0.5, 0.6) is 0 Å². The van der Waals surface area contributed by atoms with Crippen LogP contribution >= 0.6 is 0 Å². The van der Waals surface area contributed by atoms with Crippen LogP contribution in [0.4, 0.5) is 10.5 Å². The molecule has 0 radical (unpaired) electrons. The summed E-state index contributed by atoms with van der Waals surface area (Å²) >= 11 is 0. The van der Waals surface area contributed by atoms with Crippen LogP contribution in [0.3, 0.4) is 0 Å². The number of amides is 2. The highest BCUT2D eigenvalue weighted by Crippen LogP contribution is 2.30. The predicted molar refractivity (Wildman–Crippen MR) is 137 cm³/mol. The van der Waals surface area contributed by atoms with Crippen LogP contribution in [-0.4, -0.2) is 78.7 Å². The van der Waals surface area contributed by atoms with Crippen LogP contribution in [0.1, 0.15) is 23.7 Å². The Labute approximate surface area is 214 Å². The first kappa shape index (κ1) is 25.0. The summed E-state index contributed by atoms with van der Waals surface area (Å²) in [5, 5.41) is 10.4. The lowest BCUT2D eigenvalue weighted by Crippen LogP contribution is -2.63. The van der Waals surface area contributed by atoms with Crippen molar-refractivity contribution in [2.45, 2.75) is 30.3 Å². The van der Waals surface area contributed by atoms with Crippen molar-refractivity contribution in [3.8, 4) is 0 Å². The third-order valence-corrected chi connectivity index (χ3v) is 8.56. The van der Waals surface area contributed by atoms with Gasteiger partial charge in [-0.15, -0.1) is 0 Å². The van der Waals surface area contributed by atoms with E-state index >= 15 is 0 Å². The molecule has 37 heavy (non-hydrogen) atoms. The maximum atomic E-state index is 13.4. The molecule has 2 amide bonds. The second kappa shape index (κ2) is 9.98. The van der Waals surface area contributed by atoms with Crippen molar-refractivity contribution in [1.29, 1.82) is 0 Å². The first-order valence-electron chi connectivity index (χ1n) is 12.1. The van der Waals surface area contributed by atoms with Gasteiger partial charge in [0.05, 0.1) is 24.2 Å². The number of ether oxygens (including phenoxy) is 1. The van der Waals surface area contributed by atoms with E-state index in [9.17, 15) is 23.1 Å². The van der Waals surface area contributed by atoms with E-state index in [0.29, 0.717) is 35.4 Å². The normalized spacial score (nSPS) is 22.2. The highest BCUT2D eigenvalue weighted by atomic mass is 32.2. The lowest BCUT2D eigenvalue weighted by atomic mass is 9.89. The molecule has 2 fully saturated rings. The molecule has 3 aromatic rings. The van der Waals surface area contributed by atoms with Gasteiger partial charge < -0.3 is 19.6 Å². The first-order valence-corrected chi connectivity index (χ1v) is 13.6. The van der Waals surface area contributed by atoms with Gasteiger partial charge in [0, 0.05) is 48.4 Å². The number of sulfonamides is 1. The highest BCUT2D eigenvalue weighted by molar-refractivity contribution is 7.93. The van der Waals surface area contributed by atoms with E-state index < -0.39 is 16.1 Å². The Morgan fingerprint density at radius 1 is 1.05 bits per heavy atom. The van der Waals surface area contributed by atoms with Crippen molar-refractivity contribution in [3.63, 3.8) is 0 Å². The molecule has 10 nitrogen and oxygen atoms in total. The van der Waals surface area contributed by atoms with Gasteiger partial charge in [0.2, 0.25) is 0 Å². The van der Waals surface area contributed by atoms with E-state index in [1.165, 1.54) is 11.0 Å². The summed E-state index contributed by atoms with van der Waals surface area (Å²) < 4.78 is 34.2. The number of nitrogens with one attached hydrogen (secondary N) is 1. The van der Waals surface area contributed by atoms with Gasteiger partial charge in [-0.1, -0.05) is 18.2 Å². The van der Waals surface area contributed by atoms with Gasteiger partial charge in [-0.05, 0) is 49.7 Å². The zero-order valence-corrected chi connectivity index (χ0v) is 21.1. The molecule has 5 rings (SSSR count). The van der Waals surface area contributed by atoms with Crippen molar-refractivity contribution in [2.24, 2.45) is 5.92 Å². The SMILES string of the molecule is CC1C(C2CCOC2)N(C(=O)O)CCN1C(=O)c1ccc(NS(=O)(=O)c2cccc3cccnc23)cc1. The predicted octanol–water partition coefficient (Wildman–Crippen LogP) is 3.27. The lowest BCUT2D eigenvalue weighted by Gasteiger charge is -2.47. The molecule has 2 aliphatic rings. The van der Waals surface area contributed by atoms with Crippen molar-refractivity contribution < 1.29 is 27.9 Å². The average molecular weight is 525 g/mol. The third-order valence-electron chi connectivity index (χ3n) is 7.15. The molecule has 2 aliphatic heterocycles. The topological polar surface area (TPSA) is 129 Å². The van der Waals surface area contributed by atoms with Crippen molar-refractivity contribution in [1.82, 2.24) is 14.8 Å². The van der Waals surface area contributed by atoms with Gasteiger partial charge in [0.1, 0.15) is 4.90 Å². The van der Waals surface area contributed by atoms with Crippen LogP contribution in [0, 0.1) is 5.92 Å². The number of anilines is 1. The number of fused-ring (bicyclic) bond motifs is 1. The first-order chi connectivity index (χ1) is 17.8. The number of hydrogen-bond acceptors (Lipinski definition) is 6. The minimum atomic E-state index is -3.91. The summed E-state index contributed by atoms with van der Waals surface area (Å²) in [6.07, 6.45) is 1.31. The fourth-order valence-electron chi connectivity index (χ4n) is 5.34. The molecule has 3 heterocycles. The lowest BCUT2D eigenvalue weighted by molar-refractivity contribution is 0.00573. The molecule has 194 valence electrons. The minimum Gasteiger partial charge on any atom is -0.465 e. The van der Waals surface area contributed by atoms with Crippen LogP contribution < -0.4 is 4.72 Å². The second-order valence-corrected chi connectivity index (χ2v) is 11.0. The average Bonchev–Trinajstić information content (AvgIpc) is 3.42. The summed E-state index contributed by atoms with van der Waals surface area (Å²) in [6, 6.07) is 14.1. The summed E-state index contributed by atoms with van der Waals surface area (Å²) in [6.45, 7) is 3.43. The van der Waals surface area contributed by atoms with E-state index in [-0.39, 0.29) is 41.9 Å². The van der Waals surface area contributed by atoms with E-state index in [1.54, 1.807) is 59.6 Å². The molecule has 1 aromatic heterocycles. The fourth-order valence-corrected chi connectivity index (χ4v) is 6.58. The van der Waals surface area contributed by atoms with Gasteiger partial charge in [-0.3, -0.25) is 14.5 Å². The molecule has 0 bridgehead atoms. The number of pyridine rings is 1. The summed E-state index contributed by atoms with van der Waals surface area (Å²) in [5.41, 5.74) is 1.09. The number of rotatable bonds is 5. The van der Waals surface area contributed by atoms with Crippen LogP contribution in [0.15, 0.2) is 65.7 Å². The van der Waals surface area contributed by atoms with E-state index in [0.717, 1.165) is 6.42 Å². The molecule has 2 saturated heterocycles. The number of carbonyl (C=O) groups excluding carboxylic acids is 1. The van der Waals surface area contributed by atoms with Gasteiger partial charge in [-0.25, -0.2) is 13.2 Å². The zero-order chi connectivity index (χ0) is 26.2. The molecule has 2 N–H and O–H groups in total. The fraction of sp³-hybridized carbons (Fsp3) is 0.346. The monoisotopic (exact) mass is 524 g/mol. The molecule has 2 aromatic carbocycles. The quantitative estimate of drug-likeness (QED) is 0.524. The highest BCUT2D eigenvalue weighted by Gasteiger charge is 2.43. The third kappa shape index (κ3) is 4.84. The number of nitrogens with zero attached hydrogens (tertiary/aromatic N) is 3. The number of aromatic nitrogens is 1. The number of piperazine rings is 1. The van der Waals surface area contributed by atoms with Crippen molar-refractivity contribution >= 4 is 38.6 Å². The molecule has 3 unspecified atom stereocenters. The van der Waals surface area contributed by atoms with Crippen LogP contribution in [0.2, 0.25) is 0 Å². The number of benzene rings is 2. The molecular weight excluding hydrogens is 496 g/mol. The molecule has 0 saturated carbocycles. The minimum absolute atomic E-state index is 0.0297. The molecular formula is C26H28N4O6S. The van der Waals surface area contributed by atoms with Crippen LogP contribution in [0.25, 0.3) is 10.9 Å². The van der Waals surface area contributed by atoms with Gasteiger partial charge in [0.25, 0.3) is 15.9 Å². The largest absolute Gasteiger partial charge is 0.465 e. The number of carboxylic acid groups (broad SMARTS) is 1. The van der Waals surface area contributed by atoms with Gasteiger partial charge in [0.15, 0.2) is 0 Å². The Kier molecular flexibility index (Phi) is 6.74. The molecule has 11 heteroatoms. The maximum absolute atomic E-state index is 13.4. The van der Waals surface area contributed by atoms with E-state index in [2.05, 4.69) is 9.71 Å². The van der Waals surface area contributed by atoms with Crippen molar-refractivity contribution in [2.75, 3.05) is 31.0 Å². The molecule has 0 spiro atoms. The van der Waals surface area contributed by atoms with E-state index in [1.807, 2.05) is 6.92 Å². The second-order valence-electron chi connectivity index (χ2n) is 9.34. The summed E-state index contributed by atoms with van der Waals surface area (Å²) in [4.78, 5) is 32.7. The van der Waals surface area contributed by atoms with Gasteiger partial charge in [-0.2, -0.15) is 0 Å². The van der Waals surface area contributed by atoms with Gasteiger partial charge >= 0.3 is 6.09 Å². The Morgan fingerprint density at radius 2 is 1.78 bits per heavy atom. The van der Waals surface area contributed by atoms with E-state index in [4.69, 9.17) is 4.74 Å². The number of carbonyl (C=O) groups is 2. The Balaban J connectivity index is 1.33. The summed E-state index contributed by atoms with van der Waals surface area (Å²) in [7, 11) is -3.91. The maximum Gasteiger partial charge on any atom is 0.407 e. The molecule has 3 atom stereocenters. The van der Waals surface area contributed by atoms with Crippen LogP contribution in [-0.2, 0) is 14.8 Å². The Bertz CT molecular complexity index is 1420. The number of hydrogen-bond donors (Lipinski definition) is 2. The number of para-hydroxylation sites is 1. The molecule has 0 aliphatic carbocycles. The summed E-state index contributed by atoms with van der Waals surface area (Å²) in [5.74, 6) is -0.198. The standard InChI is InChI=1S/C26H28N4O6S/c1-17-24(20-11-15-36-16-20)30(26(32)33)14-13-29(17)25(31)19-7-9-21(10-8-19)28-37(34,35)22-6-2-4-18-5-3-12-27-23(18)22/h2-10,12,17,20,24,28H,11,13-16H2,1H3,(H,32,33). The van der Waals surface area contributed by atoms with Crippen molar-refractivity contribution in [3.05, 3.63) is 66.4 Å².